The van der Waals surface area contributed by atoms with E-state index in [4.69, 9.17) is 10.3 Å². The number of rotatable bonds is 2. The summed E-state index contributed by atoms with van der Waals surface area (Å²) in [6.07, 6.45) is 0. The lowest BCUT2D eigenvalue weighted by molar-refractivity contribution is 0.563. The molecule has 0 aliphatic carbocycles. The molecule has 20 heavy (non-hydrogen) atoms. The van der Waals surface area contributed by atoms with Crippen molar-refractivity contribution in [2.45, 2.75) is 0 Å². The molecule has 3 N–H and O–H groups in total. The Balaban J connectivity index is 2.20. The number of halogens is 1. The predicted octanol–water partition coefficient (Wildman–Crippen LogP) is 2.88. The maximum atomic E-state index is 12.9. The number of anilines is 1. The number of hydrogen-bond acceptors (Lipinski definition) is 4. The molecule has 2 aromatic carbocycles. The van der Waals surface area contributed by atoms with E-state index in [1.54, 1.807) is 36.4 Å². The van der Waals surface area contributed by atoms with Gasteiger partial charge in [0.05, 0.1) is 11.3 Å². The summed E-state index contributed by atoms with van der Waals surface area (Å²) in [4.78, 5) is 12.0. The first-order valence-corrected chi connectivity index (χ1v) is 5.98. The summed E-state index contributed by atoms with van der Waals surface area (Å²) in [5, 5.41) is 0.767. The minimum absolute atomic E-state index is 0.349. The summed E-state index contributed by atoms with van der Waals surface area (Å²) in [7, 11) is 0. The molecule has 0 aliphatic rings. The Hall–Kier alpha value is -2.66. The van der Waals surface area contributed by atoms with Gasteiger partial charge < -0.3 is 9.84 Å². The lowest BCUT2D eigenvalue weighted by Crippen LogP contribution is -2.07. The van der Waals surface area contributed by atoms with Crippen LogP contribution in [0.3, 0.4) is 0 Å². The normalized spacial score (nSPS) is 10.7. The first kappa shape index (κ1) is 12.4. The molecule has 1 heterocycles. The Bertz CT molecular complexity index is 825. The Kier molecular flexibility index (Phi) is 2.96. The highest BCUT2D eigenvalue weighted by Crippen LogP contribution is 2.23. The van der Waals surface area contributed by atoms with E-state index in [-0.39, 0.29) is 5.82 Å². The van der Waals surface area contributed by atoms with Crippen molar-refractivity contribution >= 4 is 16.7 Å². The van der Waals surface area contributed by atoms with E-state index in [0.29, 0.717) is 22.4 Å². The number of hydrazine groups is 1. The van der Waals surface area contributed by atoms with Crippen LogP contribution in [0.25, 0.3) is 22.1 Å². The molecule has 1 aromatic heterocycles. The average Bonchev–Trinajstić information content (AvgIpc) is 2.47. The molecule has 3 aromatic rings. The summed E-state index contributed by atoms with van der Waals surface area (Å²) < 4.78 is 18.2. The third-order valence-corrected chi connectivity index (χ3v) is 3.06. The fourth-order valence-corrected chi connectivity index (χ4v) is 2.03. The van der Waals surface area contributed by atoms with Gasteiger partial charge in [0.15, 0.2) is 0 Å². The molecule has 0 amide bonds. The van der Waals surface area contributed by atoms with Crippen molar-refractivity contribution < 1.29 is 8.81 Å². The smallest absolute Gasteiger partial charge is 0.344 e. The van der Waals surface area contributed by atoms with Crippen molar-refractivity contribution in [3.63, 3.8) is 0 Å². The molecule has 0 unspecified atom stereocenters. The second-order valence-electron chi connectivity index (χ2n) is 4.35. The van der Waals surface area contributed by atoms with E-state index in [0.717, 1.165) is 5.39 Å². The Morgan fingerprint density at radius 2 is 1.80 bits per heavy atom. The third-order valence-electron chi connectivity index (χ3n) is 3.06. The van der Waals surface area contributed by atoms with Gasteiger partial charge in [0.25, 0.3) is 0 Å². The summed E-state index contributed by atoms with van der Waals surface area (Å²) in [6, 6.07) is 12.6. The summed E-state index contributed by atoms with van der Waals surface area (Å²) in [5.74, 6) is 4.96. The lowest BCUT2D eigenvalue weighted by atomic mass is 10.1. The van der Waals surface area contributed by atoms with E-state index < -0.39 is 5.63 Å². The van der Waals surface area contributed by atoms with Crippen LogP contribution in [-0.4, -0.2) is 0 Å². The highest BCUT2D eigenvalue weighted by atomic mass is 19.1. The van der Waals surface area contributed by atoms with Gasteiger partial charge in [-0.15, -0.1) is 0 Å². The number of fused-ring (bicyclic) bond motifs is 1. The molecular weight excluding hydrogens is 259 g/mol. The molecule has 0 aliphatic heterocycles. The largest absolute Gasteiger partial charge is 0.422 e. The zero-order valence-corrected chi connectivity index (χ0v) is 10.4. The van der Waals surface area contributed by atoms with Gasteiger partial charge in [-0.25, -0.2) is 9.18 Å². The molecular formula is C15H11FN2O2. The second kappa shape index (κ2) is 4.79. The van der Waals surface area contributed by atoms with Crippen LogP contribution in [0.5, 0.6) is 0 Å². The molecule has 0 atom stereocenters. The van der Waals surface area contributed by atoms with Gasteiger partial charge in [0.1, 0.15) is 11.4 Å². The molecule has 100 valence electrons. The van der Waals surface area contributed by atoms with E-state index >= 15 is 0 Å². The standard InChI is InChI=1S/C15H11FN2O2/c16-11-4-1-9(2-5-11)13-7-10-3-6-12(18-17)8-14(10)20-15(13)19/h1-8,18H,17H2. The van der Waals surface area contributed by atoms with Crippen molar-refractivity contribution in [2.75, 3.05) is 5.43 Å². The van der Waals surface area contributed by atoms with Crippen LogP contribution in [0.15, 0.2) is 57.7 Å². The molecule has 0 bridgehead atoms. The van der Waals surface area contributed by atoms with Crippen LogP contribution in [-0.2, 0) is 0 Å². The number of hydrogen-bond donors (Lipinski definition) is 2. The Morgan fingerprint density at radius 1 is 1.05 bits per heavy atom. The molecule has 0 spiro atoms. The van der Waals surface area contributed by atoms with Gasteiger partial charge in [-0.2, -0.15) is 0 Å². The molecule has 4 nitrogen and oxygen atoms in total. The van der Waals surface area contributed by atoms with Gasteiger partial charge in [-0.1, -0.05) is 12.1 Å². The van der Waals surface area contributed by atoms with E-state index in [9.17, 15) is 9.18 Å². The summed E-state index contributed by atoms with van der Waals surface area (Å²) >= 11 is 0. The van der Waals surface area contributed by atoms with Crippen molar-refractivity contribution in [1.29, 1.82) is 0 Å². The van der Waals surface area contributed by atoms with Crippen molar-refractivity contribution in [1.82, 2.24) is 0 Å². The molecule has 0 saturated carbocycles. The average molecular weight is 270 g/mol. The first-order chi connectivity index (χ1) is 9.67. The minimum Gasteiger partial charge on any atom is -0.422 e. The lowest BCUT2D eigenvalue weighted by Gasteiger charge is -2.04. The maximum absolute atomic E-state index is 12.9. The predicted molar refractivity (Wildman–Crippen MR) is 75.7 cm³/mol. The minimum atomic E-state index is -0.474. The highest BCUT2D eigenvalue weighted by molar-refractivity contribution is 5.84. The van der Waals surface area contributed by atoms with Gasteiger partial charge in [0.2, 0.25) is 0 Å². The fourth-order valence-electron chi connectivity index (χ4n) is 2.03. The SMILES string of the molecule is NNc1ccc2cc(-c3ccc(F)cc3)c(=O)oc2c1. The van der Waals surface area contributed by atoms with Gasteiger partial charge in [-0.05, 0) is 35.9 Å². The van der Waals surface area contributed by atoms with Crippen molar-refractivity contribution in [3.8, 4) is 11.1 Å². The first-order valence-electron chi connectivity index (χ1n) is 5.98. The van der Waals surface area contributed by atoms with Gasteiger partial charge in [-0.3, -0.25) is 5.84 Å². The number of nitrogens with two attached hydrogens (primary N) is 1. The topological polar surface area (TPSA) is 68.3 Å². The van der Waals surface area contributed by atoms with Crippen LogP contribution >= 0.6 is 0 Å². The van der Waals surface area contributed by atoms with E-state index in [1.165, 1.54) is 12.1 Å². The monoisotopic (exact) mass is 270 g/mol. The molecule has 3 rings (SSSR count). The number of nitrogens with one attached hydrogen (secondary N) is 1. The Labute approximate surface area is 113 Å². The zero-order chi connectivity index (χ0) is 14.1. The Morgan fingerprint density at radius 3 is 2.50 bits per heavy atom. The van der Waals surface area contributed by atoms with Crippen LogP contribution in [0.4, 0.5) is 10.1 Å². The maximum Gasteiger partial charge on any atom is 0.344 e. The zero-order valence-electron chi connectivity index (χ0n) is 10.4. The molecule has 0 radical (unpaired) electrons. The van der Waals surface area contributed by atoms with Crippen molar-refractivity contribution in [2.24, 2.45) is 5.84 Å². The van der Waals surface area contributed by atoms with Gasteiger partial charge in [0, 0.05) is 11.5 Å². The molecule has 5 heteroatoms. The highest BCUT2D eigenvalue weighted by Gasteiger charge is 2.08. The van der Waals surface area contributed by atoms with Crippen LogP contribution < -0.4 is 16.9 Å². The molecule has 0 saturated heterocycles. The fraction of sp³-hybridized carbons (Fsp3) is 0. The van der Waals surface area contributed by atoms with Gasteiger partial charge >= 0.3 is 5.63 Å². The van der Waals surface area contributed by atoms with Crippen LogP contribution in [0.2, 0.25) is 0 Å². The van der Waals surface area contributed by atoms with Crippen molar-refractivity contribution in [3.05, 3.63) is 64.8 Å². The van der Waals surface area contributed by atoms with Crippen LogP contribution in [0.1, 0.15) is 0 Å². The third kappa shape index (κ3) is 2.15. The van der Waals surface area contributed by atoms with E-state index in [2.05, 4.69) is 5.43 Å². The summed E-state index contributed by atoms with van der Waals surface area (Å²) in [6.45, 7) is 0. The quantitative estimate of drug-likeness (QED) is 0.427. The second-order valence-corrected chi connectivity index (χ2v) is 4.35. The summed E-state index contributed by atoms with van der Waals surface area (Å²) in [5.41, 5.74) is 4.11. The molecule has 0 fully saturated rings. The van der Waals surface area contributed by atoms with Crippen LogP contribution in [0, 0.1) is 5.82 Å². The van der Waals surface area contributed by atoms with E-state index in [1.807, 2.05) is 0 Å². The number of nitrogen functional groups attached to an aromatic ring is 1. The number of benzene rings is 2.